The van der Waals surface area contributed by atoms with Crippen molar-refractivity contribution in [2.24, 2.45) is 7.05 Å². The molecule has 1 aromatic heterocycles. The van der Waals surface area contributed by atoms with E-state index < -0.39 is 10.0 Å². The van der Waals surface area contributed by atoms with Crippen LogP contribution in [0.25, 0.3) is 0 Å². The molecular formula is C15H20ClN3O2S. The second kappa shape index (κ2) is 5.59. The van der Waals surface area contributed by atoms with Gasteiger partial charge in [-0.3, -0.25) is 9.40 Å². The Morgan fingerprint density at radius 3 is 2.45 bits per heavy atom. The lowest BCUT2D eigenvalue weighted by Crippen LogP contribution is -2.20. The summed E-state index contributed by atoms with van der Waals surface area (Å²) in [5, 5.41) is 4.81. The van der Waals surface area contributed by atoms with Crippen LogP contribution in [-0.2, 0) is 22.5 Å². The van der Waals surface area contributed by atoms with Crippen LogP contribution < -0.4 is 4.72 Å². The number of nitrogens with one attached hydrogen (secondary N) is 1. The van der Waals surface area contributed by atoms with E-state index in [1.54, 1.807) is 25.2 Å². The monoisotopic (exact) mass is 341 g/mol. The summed E-state index contributed by atoms with van der Waals surface area (Å²) in [5.74, 6) is 0. The summed E-state index contributed by atoms with van der Waals surface area (Å²) < 4.78 is 29.4. The van der Waals surface area contributed by atoms with E-state index in [4.69, 9.17) is 11.6 Å². The Labute approximate surface area is 136 Å². The molecule has 0 aliphatic carbocycles. The summed E-state index contributed by atoms with van der Waals surface area (Å²) in [7, 11) is -2.02. The van der Waals surface area contributed by atoms with Gasteiger partial charge in [-0.15, -0.1) is 0 Å². The van der Waals surface area contributed by atoms with E-state index in [0.29, 0.717) is 16.4 Å². The van der Waals surface area contributed by atoms with Crippen LogP contribution in [-0.4, -0.2) is 18.2 Å². The highest BCUT2D eigenvalue weighted by Gasteiger charge is 2.29. The molecule has 120 valence electrons. The summed E-state index contributed by atoms with van der Waals surface area (Å²) in [5.41, 5.74) is 1.47. The summed E-state index contributed by atoms with van der Waals surface area (Å²) >= 11 is 6.05. The van der Waals surface area contributed by atoms with Gasteiger partial charge in [-0.05, 0) is 24.6 Å². The Hall–Kier alpha value is -1.53. The SMILES string of the molecule is Cc1ccc(NS(=O)(=O)c2cn(C)nc2C(C)(C)C)cc1Cl. The normalized spacial score (nSPS) is 12.5. The average molecular weight is 342 g/mol. The number of halogens is 1. The Morgan fingerprint density at radius 1 is 1.27 bits per heavy atom. The van der Waals surface area contributed by atoms with E-state index >= 15 is 0 Å². The molecule has 0 aliphatic heterocycles. The van der Waals surface area contributed by atoms with Crippen molar-refractivity contribution in [1.82, 2.24) is 9.78 Å². The number of anilines is 1. The van der Waals surface area contributed by atoms with Crippen LogP contribution in [0.3, 0.4) is 0 Å². The second-order valence-electron chi connectivity index (χ2n) is 6.34. The van der Waals surface area contributed by atoms with Crippen molar-refractivity contribution in [3.05, 3.63) is 40.7 Å². The lowest BCUT2D eigenvalue weighted by molar-refractivity contribution is 0.539. The van der Waals surface area contributed by atoms with E-state index in [1.807, 2.05) is 27.7 Å². The molecule has 0 bridgehead atoms. The highest BCUT2D eigenvalue weighted by Crippen LogP contribution is 2.29. The van der Waals surface area contributed by atoms with Crippen LogP contribution in [0.4, 0.5) is 5.69 Å². The molecule has 0 saturated carbocycles. The fourth-order valence-electron chi connectivity index (χ4n) is 2.05. The van der Waals surface area contributed by atoms with Crippen molar-refractivity contribution in [2.75, 3.05) is 4.72 Å². The molecule has 0 amide bonds. The smallest absolute Gasteiger partial charge is 0.265 e. The summed E-state index contributed by atoms with van der Waals surface area (Å²) in [6.45, 7) is 7.64. The Morgan fingerprint density at radius 2 is 1.91 bits per heavy atom. The maximum absolute atomic E-state index is 12.7. The van der Waals surface area contributed by atoms with E-state index in [1.165, 1.54) is 10.9 Å². The van der Waals surface area contributed by atoms with Crippen LogP contribution in [0, 0.1) is 6.92 Å². The molecule has 5 nitrogen and oxygen atoms in total. The number of nitrogens with zero attached hydrogens (tertiary/aromatic N) is 2. The zero-order valence-corrected chi connectivity index (χ0v) is 14.9. The molecule has 0 saturated heterocycles. The fraction of sp³-hybridized carbons (Fsp3) is 0.400. The Balaban J connectivity index is 2.45. The van der Waals surface area contributed by atoms with Gasteiger partial charge in [0, 0.05) is 23.7 Å². The summed E-state index contributed by atoms with van der Waals surface area (Å²) in [4.78, 5) is 0.180. The van der Waals surface area contributed by atoms with Gasteiger partial charge in [-0.1, -0.05) is 38.4 Å². The highest BCUT2D eigenvalue weighted by molar-refractivity contribution is 7.92. The Bertz CT molecular complexity index is 805. The number of hydrogen-bond donors (Lipinski definition) is 1. The van der Waals surface area contributed by atoms with E-state index in [2.05, 4.69) is 9.82 Å². The summed E-state index contributed by atoms with van der Waals surface area (Å²) in [6, 6.07) is 5.06. The van der Waals surface area contributed by atoms with E-state index in [9.17, 15) is 8.42 Å². The largest absolute Gasteiger partial charge is 0.279 e. The first-order chi connectivity index (χ1) is 10.0. The third kappa shape index (κ3) is 3.44. The number of hydrogen-bond acceptors (Lipinski definition) is 3. The molecule has 2 rings (SSSR count). The van der Waals surface area contributed by atoms with Crippen molar-refractivity contribution in [3.8, 4) is 0 Å². The quantitative estimate of drug-likeness (QED) is 0.929. The first-order valence-corrected chi connectivity index (χ1v) is 8.70. The molecule has 1 aromatic carbocycles. The fourth-order valence-corrected chi connectivity index (χ4v) is 3.67. The minimum absolute atomic E-state index is 0.180. The minimum atomic E-state index is -3.73. The van der Waals surface area contributed by atoms with Gasteiger partial charge < -0.3 is 0 Å². The molecular weight excluding hydrogens is 322 g/mol. The van der Waals surface area contributed by atoms with E-state index in [-0.39, 0.29) is 10.3 Å². The van der Waals surface area contributed by atoms with Gasteiger partial charge in [0.05, 0.1) is 11.4 Å². The molecule has 0 aliphatic rings. The van der Waals surface area contributed by atoms with Gasteiger partial charge in [0.25, 0.3) is 10.0 Å². The van der Waals surface area contributed by atoms with Crippen molar-refractivity contribution in [1.29, 1.82) is 0 Å². The van der Waals surface area contributed by atoms with Crippen molar-refractivity contribution < 1.29 is 8.42 Å². The number of benzene rings is 1. The predicted molar refractivity (Wildman–Crippen MR) is 88.9 cm³/mol. The average Bonchev–Trinajstić information content (AvgIpc) is 2.76. The van der Waals surface area contributed by atoms with Gasteiger partial charge in [-0.25, -0.2) is 8.42 Å². The van der Waals surface area contributed by atoms with Crippen LogP contribution in [0.2, 0.25) is 5.02 Å². The van der Waals surface area contributed by atoms with Gasteiger partial charge in [0.1, 0.15) is 4.90 Å². The van der Waals surface area contributed by atoms with Gasteiger partial charge in [-0.2, -0.15) is 5.10 Å². The molecule has 1 N–H and O–H groups in total. The molecule has 2 aromatic rings. The Kier molecular flexibility index (Phi) is 4.28. The number of sulfonamides is 1. The minimum Gasteiger partial charge on any atom is -0.279 e. The second-order valence-corrected chi connectivity index (χ2v) is 8.39. The number of aryl methyl sites for hydroxylation is 2. The summed E-state index contributed by atoms with van der Waals surface area (Å²) in [6.07, 6.45) is 1.51. The van der Waals surface area contributed by atoms with Crippen LogP contribution in [0.5, 0.6) is 0 Å². The van der Waals surface area contributed by atoms with Crippen LogP contribution >= 0.6 is 11.6 Å². The molecule has 0 fully saturated rings. The zero-order chi connectivity index (χ0) is 16.7. The topological polar surface area (TPSA) is 64.0 Å². The molecule has 0 spiro atoms. The molecule has 0 unspecified atom stereocenters. The number of aromatic nitrogens is 2. The lowest BCUT2D eigenvalue weighted by atomic mass is 9.92. The van der Waals surface area contributed by atoms with Crippen molar-refractivity contribution >= 4 is 27.3 Å². The molecule has 0 radical (unpaired) electrons. The number of rotatable bonds is 3. The van der Waals surface area contributed by atoms with Gasteiger partial charge in [0.2, 0.25) is 0 Å². The van der Waals surface area contributed by atoms with Crippen molar-refractivity contribution in [3.63, 3.8) is 0 Å². The molecule has 0 atom stereocenters. The molecule has 7 heteroatoms. The van der Waals surface area contributed by atoms with Crippen LogP contribution in [0.15, 0.2) is 29.3 Å². The van der Waals surface area contributed by atoms with Crippen LogP contribution in [0.1, 0.15) is 32.0 Å². The molecule has 22 heavy (non-hydrogen) atoms. The highest BCUT2D eigenvalue weighted by atomic mass is 35.5. The lowest BCUT2D eigenvalue weighted by Gasteiger charge is -2.18. The third-order valence-corrected chi connectivity index (χ3v) is 5.01. The first kappa shape index (κ1) is 16.8. The predicted octanol–water partition coefficient (Wildman–Crippen LogP) is 3.48. The van der Waals surface area contributed by atoms with E-state index in [0.717, 1.165) is 5.56 Å². The standard InChI is InChI=1S/C15H20ClN3O2S/c1-10-6-7-11(8-12(10)16)18-22(20,21)13-9-19(5)17-14(13)15(2,3)4/h6-9,18H,1-5H3. The maximum atomic E-state index is 12.7. The third-order valence-electron chi connectivity index (χ3n) is 3.22. The first-order valence-electron chi connectivity index (χ1n) is 6.84. The zero-order valence-electron chi connectivity index (χ0n) is 13.3. The van der Waals surface area contributed by atoms with Gasteiger partial charge in [0.15, 0.2) is 0 Å². The maximum Gasteiger partial charge on any atom is 0.265 e. The van der Waals surface area contributed by atoms with Crippen molar-refractivity contribution in [2.45, 2.75) is 38.0 Å². The van der Waals surface area contributed by atoms with Gasteiger partial charge >= 0.3 is 0 Å². The molecule has 1 heterocycles.